The number of benzene rings is 1. The number of ether oxygens (including phenoxy) is 2. The van der Waals surface area contributed by atoms with Gasteiger partial charge in [-0.15, -0.1) is 16.2 Å². The molecule has 3 saturated heterocycles. The average Bonchev–Trinajstić information content (AvgIpc) is 3.41. The van der Waals surface area contributed by atoms with Crippen molar-refractivity contribution in [3.63, 3.8) is 0 Å². The van der Waals surface area contributed by atoms with Gasteiger partial charge >= 0.3 is 6.01 Å². The molecule has 2 bridgehead atoms. The molecule has 3 unspecified atom stereocenters. The molecule has 1 aromatic heterocycles. The largest absolute Gasteiger partial charge is 0.463 e. The number of nitrogens with zero attached hydrogens (tertiary/aromatic N) is 7. The molecule has 13 heteroatoms. The first-order valence-electron chi connectivity index (χ1n) is 18.4. The van der Waals surface area contributed by atoms with E-state index in [4.69, 9.17) is 19.4 Å². The lowest BCUT2D eigenvalue weighted by molar-refractivity contribution is 0.0976. The maximum atomic E-state index is 14.7. The number of halogens is 2. The predicted octanol–water partition coefficient (Wildman–Crippen LogP) is 5.28. The Labute approximate surface area is 301 Å². The number of rotatable bonds is 9. The molecule has 9 rings (SSSR count). The second-order valence-corrected chi connectivity index (χ2v) is 16.8. The molecular weight excluding hydrogens is 673 g/mol. The van der Waals surface area contributed by atoms with Crippen LogP contribution in [0.3, 0.4) is 0 Å². The van der Waals surface area contributed by atoms with Crippen LogP contribution in [0, 0.1) is 16.7 Å². The molecule has 6 aliphatic heterocycles. The Morgan fingerprint density at radius 3 is 2.63 bits per heavy atom. The van der Waals surface area contributed by atoms with Crippen molar-refractivity contribution in [2.75, 3.05) is 63.1 Å². The average molecular weight is 718 g/mol. The van der Waals surface area contributed by atoms with E-state index in [0.29, 0.717) is 43.3 Å². The van der Waals surface area contributed by atoms with Crippen molar-refractivity contribution in [3.8, 4) is 12.1 Å². The molecule has 270 valence electrons. The van der Waals surface area contributed by atoms with Crippen molar-refractivity contribution in [1.82, 2.24) is 24.9 Å². The summed E-state index contributed by atoms with van der Waals surface area (Å²) in [4.78, 5) is 18.6. The molecule has 0 spiro atoms. The van der Waals surface area contributed by atoms with Crippen LogP contribution in [0.4, 0.5) is 14.7 Å². The first-order valence-corrected chi connectivity index (χ1v) is 19.4. The molecule has 0 radical (unpaired) electrons. The number of piperidine rings is 1. The summed E-state index contributed by atoms with van der Waals surface area (Å²) < 4.78 is 40.5. The molecule has 1 aromatic carbocycles. The summed E-state index contributed by atoms with van der Waals surface area (Å²) in [6, 6.07) is 5.49. The minimum Gasteiger partial charge on any atom is -0.463 e. The summed E-state index contributed by atoms with van der Waals surface area (Å²) in [6.45, 7) is 8.14. The standard InChI is InChI=1S/C38H45F2N7O3S/c1-24(48)14-45-15-26-2-3-27(16-45)47(26)35-34-29-19-49-18-28(29)30(38(20-41)23-51-33-6-11-46(40)17-31(33)38)12-32(34)42-36(43-35)50-22-37(7-8-37)21-44-9-4-25(13-39)5-10-44/h6,11-13,24,26-27,48H,2-5,7-10,14-19,21-23H2,1H3/t24-,26?,27?,38?/m1/s1. The Bertz CT molecular complexity index is 1850. The van der Waals surface area contributed by atoms with Gasteiger partial charge in [0.2, 0.25) is 0 Å². The molecule has 2 aromatic rings. The Hall–Kier alpha value is -3.28. The van der Waals surface area contributed by atoms with Gasteiger partial charge < -0.3 is 24.4 Å². The SMILES string of the molecule is C[C@@H](O)CN1CC2CCC(C1)N2c1nc(OCC2(CN3CCC(=CF)CC3)CC2)nc2cc(C3(C#N)CSC4=C3CN(F)C=C4)c3c(c12)COC3. The number of likely N-dealkylation sites (tertiary alicyclic amines) is 2. The van der Waals surface area contributed by atoms with Crippen LogP contribution in [-0.2, 0) is 23.4 Å². The lowest BCUT2D eigenvalue weighted by Crippen LogP contribution is -2.55. The minimum absolute atomic E-state index is 0.0273. The summed E-state index contributed by atoms with van der Waals surface area (Å²) in [5.41, 5.74) is 4.26. The van der Waals surface area contributed by atoms with Crippen LogP contribution in [0.5, 0.6) is 6.01 Å². The molecule has 7 aliphatic rings. The first-order chi connectivity index (χ1) is 24.8. The number of aromatic nitrogens is 2. The van der Waals surface area contributed by atoms with Gasteiger partial charge in [-0.3, -0.25) is 4.90 Å². The number of allylic oxidation sites excluding steroid dienone is 1. The molecule has 7 heterocycles. The molecule has 1 saturated carbocycles. The zero-order valence-electron chi connectivity index (χ0n) is 29.1. The summed E-state index contributed by atoms with van der Waals surface area (Å²) in [6.07, 6.45) is 9.35. The van der Waals surface area contributed by atoms with Crippen molar-refractivity contribution < 1.29 is 23.5 Å². The number of thioether (sulfide) groups is 1. The van der Waals surface area contributed by atoms with Crippen LogP contribution in [0.1, 0.15) is 62.1 Å². The second kappa shape index (κ2) is 13.0. The molecule has 10 nitrogen and oxygen atoms in total. The molecule has 4 fully saturated rings. The van der Waals surface area contributed by atoms with Crippen LogP contribution in [0.25, 0.3) is 10.9 Å². The van der Waals surface area contributed by atoms with Gasteiger partial charge in [0.15, 0.2) is 0 Å². The predicted molar refractivity (Wildman–Crippen MR) is 191 cm³/mol. The fraction of sp³-hybridized carbons (Fsp3) is 0.605. The Balaban J connectivity index is 1.11. The number of hydrogen-bond donors (Lipinski definition) is 1. The number of aliphatic hydroxyl groups is 1. The van der Waals surface area contributed by atoms with Crippen LogP contribution >= 0.6 is 11.8 Å². The van der Waals surface area contributed by atoms with Crippen LogP contribution < -0.4 is 9.64 Å². The fourth-order valence-corrected chi connectivity index (χ4v) is 10.8. The van der Waals surface area contributed by atoms with E-state index < -0.39 is 11.5 Å². The number of hydrogen-bond acceptors (Lipinski definition) is 11. The minimum atomic E-state index is -1.01. The van der Waals surface area contributed by atoms with Gasteiger partial charge in [0, 0.05) is 79.0 Å². The van der Waals surface area contributed by atoms with Gasteiger partial charge in [-0.2, -0.15) is 15.2 Å². The quantitative estimate of drug-likeness (QED) is 0.343. The Kier molecular flexibility index (Phi) is 8.54. The highest BCUT2D eigenvalue weighted by Crippen LogP contribution is 2.53. The van der Waals surface area contributed by atoms with E-state index in [-0.39, 0.29) is 24.0 Å². The lowest BCUT2D eigenvalue weighted by atomic mass is 9.73. The van der Waals surface area contributed by atoms with Crippen molar-refractivity contribution in [3.05, 3.63) is 57.4 Å². The third kappa shape index (κ3) is 5.91. The second-order valence-electron chi connectivity index (χ2n) is 15.8. The van der Waals surface area contributed by atoms with Crippen molar-refractivity contribution >= 4 is 28.5 Å². The van der Waals surface area contributed by atoms with E-state index in [1.807, 2.05) is 13.0 Å². The summed E-state index contributed by atoms with van der Waals surface area (Å²) in [5, 5.41) is 22.7. The van der Waals surface area contributed by atoms with Crippen molar-refractivity contribution in [2.45, 2.75) is 82.3 Å². The number of β-amino-alcohol motifs (C(OH)–C–C–N with tert-alkyl or cyclic N) is 1. The Morgan fingerprint density at radius 1 is 1.16 bits per heavy atom. The van der Waals surface area contributed by atoms with Gasteiger partial charge in [-0.1, -0.05) is 0 Å². The van der Waals surface area contributed by atoms with Crippen LogP contribution in [0.2, 0.25) is 0 Å². The zero-order chi connectivity index (χ0) is 34.9. The maximum Gasteiger partial charge on any atom is 0.318 e. The summed E-state index contributed by atoms with van der Waals surface area (Å²) >= 11 is 1.60. The molecular formula is C38H45F2N7O3S. The van der Waals surface area contributed by atoms with Gasteiger partial charge in [-0.25, -0.2) is 9.51 Å². The van der Waals surface area contributed by atoms with E-state index in [1.165, 1.54) is 6.20 Å². The highest BCUT2D eigenvalue weighted by Gasteiger charge is 2.49. The maximum absolute atomic E-state index is 14.7. The number of piperazine rings is 1. The summed E-state index contributed by atoms with van der Waals surface area (Å²) in [7, 11) is 0. The van der Waals surface area contributed by atoms with Gasteiger partial charge in [0.05, 0.1) is 50.4 Å². The number of fused-ring (bicyclic) bond motifs is 5. The van der Waals surface area contributed by atoms with E-state index >= 15 is 0 Å². The topological polar surface area (TPSA) is 101 Å². The molecule has 4 atom stereocenters. The smallest absolute Gasteiger partial charge is 0.318 e. The fourth-order valence-electron chi connectivity index (χ4n) is 9.46. The van der Waals surface area contributed by atoms with Crippen molar-refractivity contribution in [2.24, 2.45) is 5.41 Å². The van der Waals surface area contributed by atoms with E-state index in [9.17, 15) is 19.2 Å². The third-order valence-electron chi connectivity index (χ3n) is 12.3. The highest BCUT2D eigenvalue weighted by molar-refractivity contribution is 8.03. The zero-order valence-corrected chi connectivity index (χ0v) is 29.9. The number of aliphatic hydroxyl groups excluding tert-OH is 1. The lowest BCUT2D eigenvalue weighted by Gasteiger charge is -2.42. The normalized spacial score (nSPS) is 29.0. The van der Waals surface area contributed by atoms with Crippen LogP contribution in [-0.4, -0.2) is 106 Å². The highest BCUT2D eigenvalue weighted by atomic mass is 32.2. The van der Waals surface area contributed by atoms with E-state index in [2.05, 4.69) is 20.8 Å². The molecule has 1 N–H and O–H groups in total. The molecule has 51 heavy (non-hydrogen) atoms. The number of anilines is 1. The first kappa shape index (κ1) is 33.5. The van der Waals surface area contributed by atoms with E-state index in [0.717, 1.165) is 127 Å². The van der Waals surface area contributed by atoms with Crippen LogP contribution in [0.15, 0.2) is 40.7 Å². The van der Waals surface area contributed by atoms with Gasteiger partial charge in [-0.05, 0) is 85.4 Å². The Morgan fingerprint density at radius 2 is 1.92 bits per heavy atom. The summed E-state index contributed by atoms with van der Waals surface area (Å²) in [5.74, 6) is 1.36. The van der Waals surface area contributed by atoms with Crippen molar-refractivity contribution in [1.29, 1.82) is 5.26 Å². The molecule has 1 aliphatic carbocycles. The van der Waals surface area contributed by atoms with Gasteiger partial charge in [0.1, 0.15) is 11.2 Å². The molecule has 0 amide bonds. The monoisotopic (exact) mass is 717 g/mol. The number of nitriles is 1. The third-order valence-corrected chi connectivity index (χ3v) is 13.5. The van der Waals surface area contributed by atoms with E-state index in [1.54, 1.807) is 17.8 Å². The van der Waals surface area contributed by atoms with Gasteiger partial charge in [0.25, 0.3) is 0 Å².